The van der Waals surface area contributed by atoms with E-state index < -0.39 is 49.8 Å². The van der Waals surface area contributed by atoms with Crippen molar-refractivity contribution in [2.75, 3.05) is 20.1 Å². The molecule has 1 unspecified atom stereocenters. The number of allylic oxidation sites excluding steroid dienone is 1. The van der Waals surface area contributed by atoms with E-state index >= 15 is 0 Å². The van der Waals surface area contributed by atoms with Crippen LogP contribution in [0.15, 0.2) is 64.7 Å². The zero-order chi connectivity index (χ0) is 28.2. The van der Waals surface area contributed by atoms with E-state index in [1.807, 2.05) is 0 Å². The number of nitrogens with zero attached hydrogens (tertiary/aromatic N) is 3. The molecular formula is C25H29FN4O7S. The number of esters is 1. The molecule has 1 heterocycles. The second-order valence-electron chi connectivity index (χ2n) is 8.98. The Morgan fingerprint density at radius 1 is 1.24 bits per heavy atom. The molecule has 0 fully saturated rings. The van der Waals surface area contributed by atoms with Gasteiger partial charge >= 0.3 is 12.0 Å². The molecule has 1 N–H and O–H groups in total. The molecule has 0 spiro atoms. The molecule has 2 aromatic rings. The summed E-state index contributed by atoms with van der Waals surface area (Å²) in [5, 5.41) is 14.0. The van der Waals surface area contributed by atoms with E-state index in [1.54, 1.807) is 19.9 Å². The number of urea groups is 1. The van der Waals surface area contributed by atoms with Crippen LogP contribution in [0, 0.1) is 15.9 Å². The highest BCUT2D eigenvalue weighted by atomic mass is 32.2. The molecule has 3 rings (SSSR count). The quantitative estimate of drug-likeness (QED) is 0.271. The maximum absolute atomic E-state index is 14.1. The smallest absolute Gasteiger partial charge is 0.338 e. The van der Waals surface area contributed by atoms with Gasteiger partial charge in [-0.15, -0.1) is 0 Å². The molecule has 1 aliphatic heterocycles. The lowest BCUT2D eigenvalue weighted by Gasteiger charge is -2.38. The van der Waals surface area contributed by atoms with Crippen molar-refractivity contribution < 1.29 is 32.1 Å². The Morgan fingerprint density at radius 2 is 1.92 bits per heavy atom. The van der Waals surface area contributed by atoms with Crippen LogP contribution in [0.4, 0.5) is 14.9 Å². The van der Waals surface area contributed by atoms with Crippen molar-refractivity contribution in [1.82, 2.24) is 14.5 Å². The summed E-state index contributed by atoms with van der Waals surface area (Å²) in [4.78, 5) is 37.8. The second-order valence-corrected chi connectivity index (χ2v) is 11.0. The number of hydrogen-bond acceptors (Lipinski definition) is 7. The number of nitrogens with one attached hydrogen (secondary N) is 1. The molecule has 2 amide bonds. The van der Waals surface area contributed by atoms with Gasteiger partial charge < -0.3 is 15.0 Å². The number of sulfonamides is 1. The number of nitro groups is 1. The van der Waals surface area contributed by atoms with Crippen LogP contribution >= 0.6 is 0 Å². The van der Waals surface area contributed by atoms with E-state index in [4.69, 9.17) is 4.74 Å². The SMILES string of the molecule is CC1=C(C(=O)OC(C)C)C(c2cccc([N+](=O)[O-])c2)N(CCCN(C)S(=O)(=O)c2ccccc2F)C(=O)N1. The molecule has 11 nitrogen and oxygen atoms in total. The summed E-state index contributed by atoms with van der Waals surface area (Å²) in [6.45, 7) is 4.77. The minimum atomic E-state index is -4.13. The first-order valence-corrected chi connectivity index (χ1v) is 13.2. The lowest BCUT2D eigenvalue weighted by atomic mass is 9.93. The van der Waals surface area contributed by atoms with Gasteiger partial charge in [0.2, 0.25) is 10.0 Å². The highest BCUT2D eigenvalue weighted by Crippen LogP contribution is 2.36. The third-order valence-electron chi connectivity index (χ3n) is 5.90. The number of rotatable bonds is 10. The summed E-state index contributed by atoms with van der Waals surface area (Å²) in [5.74, 6) is -1.58. The van der Waals surface area contributed by atoms with Crippen molar-refractivity contribution in [1.29, 1.82) is 0 Å². The topological polar surface area (TPSA) is 139 Å². The first-order chi connectivity index (χ1) is 17.8. The number of carbonyl (C=O) groups excluding carboxylic acids is 2. The lowest BCUT2D eigenvalue weighted by molar-refractivity contribution is -0.384. The summed E-state index contributed by atoms with van der Waals surface area (Å²) >= 11 is 0. The van der Waals surface area contributed by atoms with Gasteiger partial charge in [-0.05, 0) is 44.9 Å². The van der Waals surface area contributed by atoms with E-state index in [9.17, 15) is 32.5 Å². The zero-order valence-electron chi connectivity index (χ0n) is 21.4. The number of ether oxygens (including phenoxy) is 1. The highest BCUT2D eigenvalue weighted by Gasteiger charge is 2.39. The van der Waals surface area contributed by atoms with Crippen LogP contribution in [0.25, 0.3) is 0 Å². The number of non-ortho nitro benzene ring substituents is 1. The predicted octanol–water partition coefficient (Wildman–Crippen LogP) is 3.74. The van der Waals surface area contributed by atoms with Gasteiger partial charge in [-0.1, -0.05) is 24.3 Å². The molecule has 1 aliphatic rings. The summed E-state index contributed by atoms with van der Waals surface area (Å²) < 4.78 is 46.2. The number of halogens is 1. The van der Waals surface area contributed by atoms with Crippen molar-refractivity contribution in [2.24, 2.45) is 0 Å². The van der Waals surface area contributed by atoms with Crippen LogP contribution in [-0.2, 0) is 19.6 Å². The molecule has 204 valence electrons. The van der Waals surface area contributed by atoms with E-state index in [1.165, 1.54) is 49.2 Å². The molecule has 1 atom stereocenters. The largest absolute Gasteiger partial charge is 0.459 e. The summed E-state index contributed by atoms with van der Waals surface area (Å²) in [7, 11) is -2.84. The average Bonchev–Trinajstić information content (AvgIpc) is 2.84. The molecule has 0 aromatic heterocycles. The predicted molar refractivity (Wildman–Crippen MR) is 136 cm³/mol. The lowest BCUT2D eigenvalue weighted by Crippen LogP contribution is -2.49. The van der Waals surface area contributed by atoms with Gasteiger partial charge in [0.25, 0.3) is 5.69 Å². The summed E-state index contributed by atoms with van der Waals surface area (Å²) in [6.07, 6.45) is -0.342. The fourth-order valence-electron chi connectivity index (χ4n) is 4.11. The number of carbonyl (C=O) groups is 2. The van der Waals surface area contributed by atoms with Gasteiger partial charge in [0.1, 0.15) is 10.7 Å². The third-order valence-corrected chi connectivity index (χ3v) is 7.79. The Morgan fingerprint density at radius 3 is 2.55 bits per heavy atom. The molecule has 13 heteroatoms. The maximum Gasteiger partial charge on any atom is 0.338 e. The molecule has 2 aromatic carbocycles. The minimum absolute atomic E-state index is 0.0257. The maximum atomic E-state index is 14.1. The fourth-order valence-corrected chi connectivity index (χ4v) is 5.38. The fraction of sp³-hybridized carbons (Fsp3) is 0.360. The first-order valence-electron chi connectivity index (χ1n) is 11.8. The second kappa shape index (κ2) is 11.7. The van der Waals surface area contributed by atoms with E-state index in [0.29, 0.717) is 5.56 Å². The van der Waals surface area contributed by atoms with Gasteiger partial charge in [-0.2, -0.15) is 0 Å². The third kappa shape index (κ3) is 6.17. The molecule has 0 aliphatic carbocycles. The number of amides is 2. The van der Waals surface area contributed by atoms with Crippen LogP contribution in [-0.4, -0.2) is 60.8 Å². The van der Waals surface area contributed by atoms with E-state index in [-0.39, 0.29) is 36.5 Å². The van der Waals surface area contributed by atoms with Crippen molar-refractivity contribution in [3.63, 3.8) is 0 Å². The van der Waals surface area contributed by atoms with Crippen LogP contribution in [0.3, 0.4) is 0 Å². The van der Waals surface area contributed by atoms with E-state index in [2.05, 4.69) is 5.32 Å². The minimum Gasteiger partial charge on any atom is -0.459 e. The molecular weight excluding hydrogens is 519 g/mol. The van der Waals surface area contributed by atoms with E-state index in [0.717, 1.165) is 16.4 Å². The number of benzene rings is 2. The summed E-state index contributed by atoms with van der Waals surface area (Å²) in [5.41, 5.74) is 0.439. The Hall–Kier alpha value is -3.84. The molecule has 0 radical (unpaired) electrons. The molecule has 0 saturated carbocycles. The molecule has 0 saturated heterocycles. The summed E-state index contributed by atoms with van der Waals surface area (Å²) in [6, 6.07) is 9.01. The zero-order valence-corrected chi connectivity index (χ0v) is 22.2. The van der Waals surface area contributed by atoms with Crippen molar-refractivity contribution in [3.05, 3.63) is 81.3 Å². The van der Waals surface area contributed by atoms with Crippen LogP contribution in [0.5, 0.6) is 0 Å². The number of nitro benzene ring substituents is 1. The Bertz CT molecular complexity index is 1380. The van der Waals surface area contributed by atoms with Crippen LogP contribution < -0.4 is 5.32 Å². The van der Waals surface area contributed by atoms with Crippen molar-refractivity contribution in [2.45, 2.75) is 44.2 Å². The molecule has 0 bridgehead atoms. The van der Waals surface area contributed by atoms with Crippen molar-refractivity contribution >= 4 is 27.7 Å². The average molecular weight is 549 g/mol. The molecule has 38 heavy (non-hydrogen) atoms. The van der Waals surface area contributed by atoms with Crippen LogP contribution in [0.2, 0.25) is 0 Å². The first kappa shape index (κ1) is 28.7. The van der Waals surface area contributed by atoms with Crippen LogP contribution in [0.1, 0.15) is 38.8 Å². The van der Waals surface area contributed by atoms with Gasteiger partial charge in [0, 0.05) is 38.0 Å². The van der Waals surface area contributed by atoms with Crippen molar-refractivity contribution in [3.8, 4) is 0 Å². The Balaban J connectivity index is 1.92. The van der Waals surface area contributed by atoms with Gasteiger partial charge in [0.05, 0.1) is 22.6 Å². The van der Waals surface area contributed by atoms with Gasteiger partial charge in [0.15, 0.2) is 0 Å². The van der Waals surface area contributed by atoms with Gasteiger partial charge in [-0.3, -0.25) is 10.1 Å². The normalized spacial score (nSPS) is 16.1. The number of hydrogen-bond donors (Lipinski definition) is 1. The standard InChI is InChI=1S/C25H29FN4O7S/c1-16(2)37-24(31)22-17(3)27-25(32)29(23(22)18-9-7-10-19(15-18)30(33)34)14-8-13-28(4)38(35,36)21-12-6-5-11-20(21)26/h5-7,9-12,15-16,23H,8,13-14H2,1-4H3,(H,27,32). The Kier molecular flexibility index (Phi) is 8.84. The monoisotopic (exact) mass is 548 g/mol. The van der Waals surface area contributed by atoms with Gasteiger partial charge in [-0.25, -0.2) is 26.7 Å². The highest BCUT2D eigenvalue weighted by molar-refractivity contribution is 7.89. The Labute approximate surface area is 220 Å².